The van der Waals surface area contributed by atoms with Crippen LogP contribution in [0, 0.1) is 0 Å². The second kappa shape index (κ2) is 7.05. The second-order valence-corrected chi connectivity index (χ2v) is 16.1. The third-order valence-corrected chi connectivity index (χ3v) is 17.7. The summed E-state index contributed by atoms with van der Waals surface area (Å²) >= 11 is -1.55. The van der Waals surface area contributed by atoms with E-state index in [-0.39, 0.29) is 0 Å². The minimum atomic E-state index is -1.55. The molecule has 2 aliphatic carbocycles. The third-order valence-electron chi connectivity index (χ3n) is 4.88. The molecule has 0 radical (unpaired) electrons. The van der Waals surface area contributed by atoms with Crippen LogP contribution in [0.1, 0.15) is 64.2 Å². The molecule has 0 heterocycles. The summed E-state index contributed by atoms with van der Waals surface area (Å²) in [5.74, 6) is 0. The molecule has 1 unspecified atom stereocenters. The first-order chi connectivity index (χ1) is 9.82. The number of hydrogen-bond donors (Lipinski definition) is 0. The van der Waals surface area contributed by atoms with Crippen molar-refractivity contribution in [1.29, 1.82) is 0 Å². The van der Waals surface area contributed by atoms with E-state index in [1.54, 1.807) is 4.04 Å². The SMILES string of the molecule is [PH2][Pd]([c]1ccccc1)([CH]1CCCCC1)[CH]1CCCCC1. The molecular formula is C18H29PPd. The summed E-state index contributed by atoms with van der Waals surface area (Å²) in [6, 6.07) is 11.6. The summed E-state index contributed by atoms with van der Waals surface area (Å²) < 4.78 is 3.80. The van der Waals surface area contributed by atoms with Crippen molar-refractivity contribution in [3.05, 3.63) is 30.3 Å². The van der Waals surface area contributed by atoms with Gasteiger partial charge in [-0.3, -0.25) is 0 Å². The van der Waals surface area contributed by atoms with Crippen molar-refractivity contribution in [3.8, 4) is 0 Å². The molecule has 0 nitrogen and oxygen atoms in total. The van der Waals surface area contributed by atoms with Gasteiger partial charge in [-0.05, 0) is 0 Å². The third kappa shape index (κ3) is 3.07. The average molecular weight is 383 g/mol. The average Bonchev–Trinajstić information content (AvgIpc) is 2.56. The van der Waals surface area contributed by atoms with E-state index in [1.165, 1.54) is 64.2 Å². The maximum absolute atomic E-state index is 3.52. The fraction of sp³-hybridized carbons (Fsp3) is 0.667. The van der Waals surface area contributed by atoms with Gasteiger partial charge in [-0.15, -0.1) is 0 Å². The van der Waals surface area contributed by atoms with Gasteiger partial charge in [-0.1, -0.05) is 0 Å². The first kappa shape index (κ1) is 15.2. The van der Waals surface area contributed by atoms with Crippen LogP contribution in [0.15, 0.2) is 30.3 Å². The Morgan fingerprint density at radius 1 is 0.700 bits per heavy atom. The molecule has 3 rings (SSSR count). The van der Waals surface area contributed by atoms with Crippen molar-refractivity contribution < 1.29 is 15.0 Å². The molecule has 0 bridgehead atoms. The van der Waals surface area contributed by atoms with E-state index in [0.717, 1.165) is 8.78 Å². The van der Waals surface area contributed by atoms with Gasteiger partial charge in [0.1, 0.15) is 0 Å². The van der Waals surface area contributed by atoms with Gasteiger partial charge in [-0.25, -0.2) is 0 Å². The summed E-state index contributed by atoms with van der Waals surface area (Å²) in [6.45, 7) is 0. The van der Waals surface area contributed by atoms with E-state index in [9.17, 15) is 0 Å². The Morgan fingerprint density at radius 3 is 1.60 bits per heavy atom. The van der Waals surface area contributed by atoms with Crippen LogP contribution in [0.5, 0.6) is 0 Å². The van der Waals surface area contributed by atoms with E-state index in [4.69, 9.17) is 0 Å². The first-order valence-corrected chi connectivity index (χ1v) is 13.9. The molecule has 2 heteroatoms. The van der Waals surface area contributed by atoms with E-state index in [2.05, 4.69) is 37.8 Å². The number of rotatable bonds is 3. The van der Waals surface area contributed by atoms with Gasteiger partial charge in [0.25, 0.3) is 0 Å². The molecule has 0 amide bonds. The van der Waals surface area contributed by atoms with Gasteiger partial charge in [-0.2, -0.15) is 0 Å². The maximum atomic E-state index is 3.52. The monoisotopic (exact) mass is 382 g/mol. The van der Waals surface area contributed by atoms with Gasteiger partial charge < -0.3 is 0 Å². The topological polar surface area (TPSA) is 0 Å². The molecule has 0 saturated heterocycles. The van der Waals surface area contributed by atoms with Crippen molar-refractivity contribution in [2.45, 2.75) is 73.0 Å². The fourth-order valence-corrected chi connectivity index (χ4v) is 14.9. The first-order valence-electron chi connectivity index (χ1n) is 8.25. The Kier molecular flexibility index (Phi) is 5.36. The van der Waals surface area contributed by atoms with Crippen molar-refractivity contribution in [2.75, 3.05) is 0 Å². The molecule has 1 aromatic rings. The van der Waals surface area contributed by atoms with Crippen LogP contribution in [0.3, 0.4) is 0 Å². The molecule has 2 saturated carbocycles. The second-order valence-electron chi connectivity index (χ2n) is 6.22. The van der Waals surface area contributed by atoms with Crippen LogP contribution in [-0.2, 0) is 15.0 Å². The number of benzene rings is 1. The summed E-state index contributed by atoms with van der Waals surface area (Å²) in [6.07, 6.45) is 14.9. The van der Waals surface area contributed by atoms with Crippen LogP contribution in [0.25, 0.3) is 0 Å². The van der Waals surface area contributed by atoms with E-state index < -0.39 is 15.0 Å². The zero-order chi connectivity index (χ0) is 13.8. The van der Waals surface area contributed by atoms with Crippen molar-refractivity contribution >= 4 is 11.5 Å². The molecule has 0 aromatic heterocycles. The molecule has 0 N–H and O–H groups in total. The quantitative estimate of drug-likeness (QED) is 0.460. The summed E-state index contributed by atoms with van der Waals surface area (Å²) in [4.78, 5) is 0. The fourth-order valence-electron chi connectivity index (χ4n) is 3.75. The predicted octanol–water partition coefficient (Wildman–Crippen LogP) is 5.76. The molecule has 1 aromatic carbocycles. The Hall–Kier alpha value is 0.312. The van der Waals surface area contributed by atoms with Gasteiger partial charge in [0.05, 0.1) is 0 Å². The summed E-state index contributed by atoms with van der Waals surface area (Å²) in [7, 11) is 3.52. The predicted molar refractivity (Wildman–Crippen MR) is 89.5 cm³/mol. The van der Waals surface area contributed by atoms with Crippen molar-refractivity contribution in [3.63, 3.8) is 0 Å². The zero-order valence-electron chi connectivity index (χ0n) is 12.5. The number of hydrogen-bond acceptors (Lipinski definition) is 0. The summed E-state index contributed by atoms with van der Waals surface area (Å²) in [5, 5.41) is 0. The molecule has 2 fully saturated rings. The van der Waals surface area contributed by atoms with Crippen LogP contribution < -0.4 is 4.04 Å². The van der Waals surface area contributed by atoms with Gasteiger partial charge in [0.15, 0.2) is 0 Å². The van der Waals surface area contributed by atoms with Crippen LogP contribution in [0.4, 0.5) is 0 Å². The minimum absolute atomic E-state index is 1.03. The Balaban J connectivity index is 1.92. The standard InChI is InChI=1S/2C6H11.C6H5.H2P.Pd/c3*1-2-4-6-5-3-1;;/h2*1H,2-6H2;1-5H;1H2;/q;;;-1;+1. The van der Waals surface area contributed by atoms with E-state index in [1.807, 2.05) is 0 Å². The molecule has 0 spiro atoms. The zero-order valence-corrected chi connectivity index (χ0v) is 15.2. The van der Waals surface area contributed by atoms with Crippen molar-refractivity contribution in [2.24, 2.45) is 0 Å². The van der Waals surface area contributed by atoms with Gasteiger partial charge in [0, 0.05) is 0 Å². The van der Waals surface area contributed by atoms with Crippen LogP contribution >= 0.6 is 7.43 Å². The molecule has 116 valence electrons. The Morgan fingerprint density at radius 2 is 1.15 bits per heavy atom. The molecule has 1 atom stereocenters. The van der Waals surface area contributed by atoms with Crippen LogP contribution in [-0.4, -0.2) is 0 Å². The molecule has 2 aliphatic rings. The normalized spacial score (nSPS) is 23.6. The molecule has 0 aliphatic heterocycles. The van der Waals surface area contributed by atoms with Gasteiger partial charge in [0.2, 0.25) is 0 Å². The Bertz CT molecular complexity index is 387. The van der Waals surface area contributed by atoms with E-state index >= 15 is 0 Å². The van der Waals surface area contributed by atoms with Crippen molar-refractivity contribution in [1.82, 2.24) is 0 Å². The van der Waals surface area contributed by atoms with Gasteiger partial charge >= 0.3 is 130 Å². The molecule has 20 heavy (non-hydrogen) atoms. The molecular weight excluding hydrogens is 354 g/mol. The van der Waals surface area contributed by atoms with E-state index in [0.29, 0.717) is 0 Å². The summed E-state index contributed by atoms with van der Waals surface area (Å²) in [5.41, 5.74) is 0. The Labute approximate surface area is 129 Å². The van der Waals surface area contributed by atoms with Crippen LogP contribution in [0.2, 0.25) is 8.78 Å².